The zero-order chi connectivity index (χ0) is 21.5. The highest BCUT2D eigenvalue weighted by atomic mass is 16.5. The van der Waals surface area contributed by atoms with Crippen LogP contribution in [0.5, 0.6) is 5.75 Å². The van der Waals surface area contributed by atoms with Crippen LogP contribution >= 0.6 is 0 Å². The third kappa shape index (κ3) is 3.85. The van der Waals surface area contributed by atoms with Gasteiger partial charge < -0.3 is 19.3 Å². The summed E-state index contributed by atoms with van der Waals surface area (Å²) in [6, 6.07) is 5.35. The summed E-state index contributed by atoms with van der Waals surface area (Å²) in [7, 11) is 6.18. The third-order valence-electron chi connectivity index (χ3n) is 7.71. The number of nitrogens with zero attached hydrogens (tertiary/aromatic N) is 4. The first-order valence-corrected chi connectivity index (χ1v) is 11.9. The molecule has 1 saturated carbocycles. The van der Waals surface area contributed by atoms with Crippen LogP contribution in [0.15, 0.2) is 24.5 Å². The first-order valence-electron chi connectivity index (χ1n) is 11.9. The lowest BCUT2D eigenvalue weighted by atomic mass is 9.91. The molecule has 0 amide bonds. The minimum atomic E-state index is 0.163. The van der Waals surface area contributed by atoms with Crippen LogP contribution < -0.4 is 9.64 Å². The van der Waals surface area contributed by atoms with E-state index in [0.29, 0.717) is 12.1 Å². The van der Waals surface area contributed by atoms with E-state index in [4.69, 9.17) is 14.6 Å². The predicted octanol–water partition coefficient (Wildman–Crippen LogP) is 4.14. The number of rotatable bonds is 5. The van der Waals surface area contributed by atoms with Crippen molar-refractivity contribution in [3.05, 3.63) is 30.1 Å². The standard InChI is InChI=1S/C25H36N4O2/c1-17-8-9-21-22(28(17)3)11-10-20(25(21)31-19-6-5-7-19)18-14-26-29(15-18)23-12-13-27(2)16-24(23)30-4/h10-11,14-15,17,19,23-24H,5-9,12-13,16H2,1-4H3. The van der Waals surface area contributed by atoms with Crippen molar-refractivity contribution in [3.63, 3.8) is 0 Å². The molecule has 2 aromatic rings. The van der Waals surface area contributed by atoms with E-state index in [9.17, 15) is 0 Å². The highest BCUT2D eigenvalue weighted by Gasteiger charge is 2.31. The number of benzene rings is 1. The van der Waals surface area contributed by atoms with Crippen molar-refractivity contribution in [1.29, 1.82) is 0 Å². The molecule has 6 nitrogen and oxygen atoms in total. The molecule has 0 spiro atoms. The number of hydrogen-bond donors (Lipinski definition) is 0. The van der Waals surface area contributed by atoms with Crippen molar-refractivity contribution in [1.82, 2.24) is 14.7 Å². The fraction of sp³-hybridized carbons (Fsp3) is 0.640. The molecule has 2 aliphatic heterocycles. The number of likely N-dealkylation sites (N-methyl/N-ethyl adjacent to an activating group) is 1. The van der Waals surface area contributed by atoms with Gasteiger partial charge in [0.15, 0.2) is 0 Å². The monoisotopic (exact) mass is 424 g/mol. The molecular formula is C25H36N4O2. The van der Waals surface area contributed by atoms with Crippen molar-refractivity contribution in [2.75, 3.05) is 39.2 Å². The fourth-order valence-corrected chi connectivity index (χ4v) is 5.24. The normalized spacial score (nSPS) is 27.1. The molecule has 1 aromatic carbocycles. The van der Waals surface area contributed by atoms with E-state index in [1.54, 1.807) is 0 Å². The molecule has 3 heterocycles. The maximum absolute atomic E-state index is 6.63. The first kappa shape index (κ1) is 20.8. The zero-order valence-electron chi connectivity index (χ0n) is 19.4. The van der Waals surface area contributed by atoms with E-state index < -0.39 is 0 Å². The Labute approximate surface area is 186 Å². The van der Waals surface area contributed by atoms with E-state index in [2.05, 4.69) is 53.8 Å². The van der Waals surface area contributed by atoms with Crippen molar-refractivity contribution in [3.8, 4) is 16.9 Å². The highest BCUT2D eigenvalue weighted by Crippen LogP contribution is 2.44. The first-order chi connectivity index (χ1) is 15.0. The van der Waals surface area contributed by atoms with Gasteiger partial charge in [-0.2, -0.15) is 5.10 Å². The van der Waals surface area contributed by atoms with Crippen LogP contribution in [-0.2, 0) is 11.2 Å². The molecule has 2 fully saturated rings. The molecule has 6 heteroatoms. The second-order valence-electron chi connectivity index (χ2n) is 9.71. The summed E-state index contributed by atoms with van der Waals surface area (Å²) in [6.07, 6.45) is 11.6. The molecule has 0 radical (unpaired) electrons. The lowest BCUT2D eigenvalue weighted by molar-refractivity contribution is -0.00195. The summed E-state index contributed by atoms with van der Waals surface area (Å²) < 4.78 is 14.6. The Balaban J connectivity index is 1.50. The fourth-order valence-electron chi connectivity index (χ4n) is 5.24. The van der Waals surface area contributed by atoms with E-state index in [-0.39, 0.29) is 12.1 Å². The quantitative estimate of drug-likeness (QED) is 0.722. The van der Waals surface area contributed by atoms with Gasteiger partial charge in [0.25, 0.3) is 0 Å². The summed E-state index contributed by atoms with van der Waals surface area (Å²) in [6.45, 7) is 4.32. The molecule has 0 N–H and O–H groups in total. The van der Waals surface area contributed by atoms with Crippen LogP contribution in [0, 0.1) is 0 Å². The Kier molecular flexibility index (Phi) is 5.69. The molecule has 1 aromatic heterocycles. The number of aromatic nitrogens is 2. The van der Waals surface area contributed by atoms with Gasteiger partial charge >= 0.3 is 0 Å². The molecular weight excluding hydrogens is 388 g/mol. The van der Waals surface area contributed by atoms with Crippen LogP contribution in [0.2, 0.25) is 0 Å². The van der Waals surface area contributed by atoms with E-state index in [1.165, 1.54) is 42.5 Å². The summed E-state index contributed by atoms with van der Waals surface area (Å²) in [4.78, 5) is 4.74. The number of methoxy groups -OCH3 is 1. The van der Waals surface area contributed by atoms with Crippen LogP contribution in [0.3, 0.4) is 0 Å². The molecule has 31 heavy (non-hydrogen) atoms. The van der Waals surface area contributed by atoms with Gasteiger partial charge in [-0.3, -0.25) is 4.68 Å². The average molecular weight is 425 g/mol. The summed E-state index contributed by atoms with van der Waals surface area (Å²) in [5.74, 6) is 1.09. The second-order valence-corrected chi connectivity index (χ2v) is 9.71. The summed E-state index contributed by atoms with van der Waals surface area (Å²) >= 11 is 0. The van der Waals surface area contributed by atoms with E-state index in [1.807, 2.05) is 13.3 Å². The number of piperidine rings is 1. The predicted molar refractivity (Wildman–Crippen MR) is 124 cm³/mol. The third-order valence-corrected chi connectivity index (χ3v) is 7.71. The molecule has 168 valence electrons. The van der Waals surface area contributed by atoms with Crippen LogP contribution in [-0.4, -0.2) is 67.2 Å². The lowest BCUT2D eigenvalue weighted by Crippen LogP contribution is -2.43. The van der Waals surface area contributed by atoms with Gasteiger partial charge in [-0.15, -0.1) is 0 Å². The van der Waals surface area contributed by atoms with Gasteiger partial charge in [0.05, 0.1) is 24.4 Å². The van der Waals surface area contributed by atoms with Gasteiger partial charge in [0.1, 0.15) is 5.75 Å². The smallest absolute Gasteiger partial charge is 0.132 e. The zero-order valence-corrected chi connectivity index (χ0v) is 19.4. The Morgan fingerprint density at radius 2 is 1.94 bits per heavy atom. The maximum Gasteiger partial charge on any atom is 0.132 e. The lowest BCUT2D eigenvalue weighted by Gasteiger charge is -2.37. The van der Waals surface area contributed by atoms with Gasteiger partial charge in [-0.1, -0.05) is 0 Å². The minimum absolute atomic E-state index is 0.163. The Bertz CT molecular complexity index is 922. The highest BCUT2D eigenvalue weighted by molar-refractivity contribution is 5.77. The molecule has 3 aliphatic rings. The number of fused-ring (bicyclic) bond motifs is 1. The largest absolute Gasteiger partial charge is 0.489 e. The number of ether oxygens (including phenoxy) is 2. The maximum atomic E-state index is 6.63. The van der Waals surface area contributed by atoms with Gasteiger partial charge in [-0.05, 0) is 64.6 Å². The van der Waals surface area contributed by atoms with Crippen molar-refractivity contribution in [2.45, 2.75) is 69.7 Å². The molecule has 5 rings (SSSR count). The van der Waals surface area contributed by atoms with Gasteiger partial charge in [-0.25, -0.2) is 0 Å². The molecule has 0 bridgehead atoms. The van der Waals surface area contributed by atoms with Crippen LogP contribution in [0.1, 0.15) is 50.6 Å². The average Bonchev–Trinajstić information content (AvgIpc) is 3.22. The van der Waals surface area contributed by atoms with Crippen molar-refractivity contribution in [2.24, 2.45) is 0 Å². The topological polar surface area (TPSA) is 42.8 Å². The van der Waals surface area contributed by atoms with Crippen LogP contribution in [0.25, 0.3) is 11.1 Å². The summed E-state index contributed by atoms with van der Waals surface area (Å²) in [5.41, 5.74) is 5.01. The summed E-state index contributed by atoms with van der Waals surface area (Å²) in [5, 5.41) is 4.79. The van der Waals surface area contributed by atoms with Crippen LogP contribution in [0.4, 0.5) is 5.69 Å². The second kappa shape index (κ2) is 8.47. The molecule has 1 aliphatic carbocycles. The number of anilines is 1. The van der Waals surface area contributed by atoms with Gasteiger partial charge in [0.2, 0.25) is 0 Å². The Hall–Kier alpha value is -2.05. The molecule has 3 unspecified atom stereocenters. The van der Waals surface area contributed by atoms with Crippen molar-refractivity contribution >= 4 is 5.69 Å². The SMILES string of the molecule is COC1CN(C)CCC1n1cc(-c2ccc3c(c2OC2CCC2)CCC(C)N3C)cn1. The van der Waals surface area contributed by atoms with E-state index >= 15 is 0 Å². The Morgan fingerprint density at radius 1 is 1.10 bits per heavy atom. The molecule has 3 atom stereocenters. The number of hydrogen-bond acceptors (Lipinski definition) is 5. The minimum Gasteiger partial charge on any atom is -0.489 e. The molecule has 1 saturated heterocycles. The van der Waals surface area contributed by atoms with E-state index in [0.717, 1.165) is 37.2 Å². The number of likely N-dealkylation sites (tertiary alicyclic amines) is 1. The van der Waals surface area contributed by atoms with Gasteiger partial charge in [0, 0.05) is 61.9 Å². The Morgan fingerprint density at radius 3 is 2.68 bits per heavy atom. The van der Waals surface area contributed by atoms with Crippen molar-refractivity contribution < 1.29 is 9.47 Å².